The lowest BCUT2D eigenvalue weighted by molar-refractivity contribution is -0.161. The minimum Gasteiger partial charge on any atom is -0.492 e. The topological polar surface area (TPSA) is 78.9 Å². The van der Waals surface area contributed by atoms with E-state index in [-0.39, 0.29) is 11.7 Å². The summed E-state index contributed by atoms with van der Waals surface area (Å²) >= 11 is 0. The molecule has 3 rings (SSSR count). The number of carbonyl (C=O) groups excluding carboxylic acids is 3. The van der Waals surface area contributed by atoms with Gasteiger partial charge in [-0.3, -0.25) is 14.4 Å². The number of hydrogen-bond donors (Lipinski definition) is 0. The van der Waals surface area contributed by atoms with E-state index in [1.54, 1.807) is 6.07 Å². The number of methoxy groups -OCH3 is 2. The highest BCUT2D eigenvalue weighted by Gasteiger charge is 2.66. The molecule has 1 aliphatic rings. The van der Waals surface area contributed by atoms with Gasteiger partial charge >= 0.3 is 11.9 Å². The molecule has 0 amide bonds. The van der Waals surface area contributed by atoms with E-state index in [4.69, 9.17) is 14.2 Å². The Morgan fingerprint density at radius 2 is 1.76 bits per heavy atom. The Bertz CT molecular complexity index is 958. The van der Waals surface area contributed by atoms with Crippen LogP contribution in [-0.2, 0) is 19.1 Å². The van der Waals surface area contributed by atoms with Crippen molar-refractivity contribution in [3.05, 3.63) is 54.1 Å². The maximum Gasteiger partial charge on any atom is 0.323 e. The summed E-state index contributed by atoms with van der Waals surface area (Å²) in [6, 6.07) is 11.4. The molecule has 0 bridgehead atoms. The zero-order chi connectivity index (χ0) is 21.0. The molecule has 1 unspecified atom stereocenters. The van der Waals surface area contributed by atoms with Crippen LogP contribution in [-0.4, -0.2) is 38.5 Å². The fourth-order valence-electron chi connectivity index (χ4n) is 3.60. The molecular weight excluding hydrogens is 372 g/mol. The molecule has 1 saturated carbocycles. The Balaban J connectivity index is 1.66. The van der Waals surface area contributed by atoms with Gasteiger partial charge in [0.05, 0.1) is 26.4 Å². The first-order chi connectivity index (χ1) is 14.0. The minimum atomic E-state index is -1.22. The van der Waals surface area contributed by atoms with Crippen LogP contribution >= 0.6 is 0 Å². The summed E-state index contributed by atoms with van der Waals surface area (Å²) in [5, 5.41) is 1.89. The number of carbonyl (C=O) groups is 3. The van der Waals surface area contributed by atoms with E-state index >= 15 is 0 Å². The first-order valence-electron chi connectivity index (χ1n) is 9.44. The highest BCUT2D eigenvalue weighted by atomic mass is 16.5. The van der Waals surface area contributed by atoms with Gasteiger partial charge in [0.15, 0.2) is 11.2 Å². The molecule has 1 aliphatic carbocycles. The van der Waals surface area contributed by atoms with E-state index < -0.39 is 17.4 Å². The molecule has 29 heavy (non-hydrogen) atoms. The number of esters is 2. The van der Waals surface area contributed by atoms with Crippen LogP contribution in [0.15, 0.2) is 48.6 Å². The summed E-state index contributed by atoms with van der Waals surface area (Å²) in [5.41, 5.74) is -0.677. The van der Waals surface area contributed by atoms with Crippen LogP contribution in [0.5, 0.6) is 5.75 Å². The monoisotopic (exact) mass is 396 g/mol. The molecule has 0 spiro atoms. The normalized spacial score (nSPS) is 17.1. The zero-order valence-electron chi connectivity index (χ0n) is 16.8. The molecule has 6 heteroatoms. The fraction of sp³-hybridized carbons (Fsp3) is 0.348. The first kappa shape index (κ1) is 20.6. The Kier molecular flexibility index (Phi) is 6.01. The molecule has 0 aromatic heterocycles. The SMILES string of the molecule is COC(=O)C1(C(=O)OC)CC1/C=C/CCOc1c(C(C)=O)ccc2ccccc12. The fourth-order valence-corrected chi connectivity index (χ4v) is 3.60. The third-order valence-corrected chi connectivity index (χ3v) is 5.27. The van der Waals surface area contributed by atoms with E-state index in [2.05, 4.69) is 0 Å². The molecule has 2 aromatic carbocycles. The van der Waals surface area contributed by atoms with Crippen LogP contribution in [0.25, 0.3) is 10.8 Å². The largest absolute Gasteiger partial charge is 0.492 e. The van der Waals surface area contributed by atoms with Gasteiger partial charge in [-0.2, -0.15) is 0 Å². The summed E-state index contributed by atoms with van der Waals surface area (Å²) in [4.78, 5) is 36.0. The van der Waals surface area contributed by atoms with Gasteiger partial charge in [0.25, 0.3) is 0 Å². The number of rotatable bonds is 8. The molecule has 0 radical (unpaired) electrons. The lowest BCUT2D eigenvalue weighted by Crippen LogP contribution is -2.30. The van der Waals surface area contributed by atoms with Crippen molar-refractivity contribution in [1.82, 2.24) is 0 Å². The van der Waals surface area contributed by atoms with Crippen molar-refractivity contribution in [1.29, 1.82) is 0 Å². The van der Waals surface area contributed by atoms with Gasteiger partial charge in [-0.1, -0.05) is 42.5 Å². The van der Waals surface area contributed by atoms with Crippen LogP contribution < -0.4 is 4.74 Å². The van der Waals surface area contributed by atoms with Gasteiger partial charge in [0, 0.05) is 11.3 Å². The number of benzene rings is 2. The average molecular weight is 396 g/mol. The number of ketones is 1. The third kappa shape index (κ3) is 3.88. The maximum absolute atomic E-state index is 12.0. The first-order valence-corrected chi connectivity index (χ1v) is 9.44. The van der Waals surface area contributed by atoms with Crippen molar-refractivity contribution >= 4 is 28.5 Å². The van der Waals surface area contributed by atoms with E-state index in [1.807, 2.05) is 42.5 Å². The maximum atomic E-state index is 12.0. The Morgan fingerprint density at radius 3 is 2.41 bits per heavy atom. The zero-order valence-corrected chi connectivity index (χ0v) is 16.8. The summed E-state index contributed by atoms with van der Waals surface area (Å²) in [6.07, 6.45) is 4.64. The predicted octanol–water partition coefficient (Wildman–Crippen LogP) is 3.72. The molecule has 0 saturated heterocycles. The molecule has 0 heterocycles. The molecule has 6 nitrogen and oxygen atoms in total. The quantitative estimate of drug-likeness (QED) is 0.222. The molecule has 2 aromatic rings. The van der Waals surface area contributed by atoms with Gasteiger partial charge in [-0.05, 0) is 31.2 Å². The minimum absolute atomic E-state index is 0.0554. The number of fused-ring (bicyclic) bond motifs is 1. The van der Waals surface area contributed by atoms with Crippen LogP contribution in [0, 0.1) is 11.3 Å². The van der Waals surface area contributed by atoms with Crippen molar-refractivity contribution in [2.24, 2.45) is 11.3 Å². The van der Waals surface area contributed by atoms with Crippen molar-refractivity contribution < 1.29 is 28.6 Å². The lowest BCUT2D eigenvalue weighted by Gasteiger charge is -2.12. The van der Waals surface area contributed by atoms with Crippen LogP contribution in [0.1, 0.15) is 30.1 Å². The van der Waals surface area contributed by atoms with Gasteiger partial charge in [-0.25, -0.2) is 0 Å². The second-order valence-corrected chi connectivity index (χ2v) is 7.05. The van der Waals surface area contributed by atoms with E-state index in [0.717, 1.165) is 10.8 Å². The lowest BCUT2D eigenvalue weighted by atomic mass is 10.0. The van der Waals surface area contributed by atoms with Gasteiger partial charge in [0.2, 0.25) is 0 Å². The molecule has 1 atom stereocenters. The molecule has 152 valence electrons. The highest BCUT2D eigenvalue weighted by molar-refractivity contribution is 6.04. The average Bonchev–Trinajstić information content (AvgIpc) is 3.47. The Morgan fingerprint density at radius 1 is 1.07 bits per heavy atom. The van der Waals surface area contributed by atoms with E-state index in [1.165, 1.54) is 21.1 Å². The van der Waals surface area contributed by atoms with Crippen molar-refractivity contribution in [3.8, 4) is 5.75 Å². The second-order valence-electron chi connectivity index (χ2n) is 7.05. The molecule has 0 aliphatic heterocycles. The number of Topliss-reactive ketones (excluding diaryl/α,β-unsaturated/α-hetero) is 1. The Hall–Kier alpha value is -3.15. The van der Waals surface area contributed by atoms with Crippen LogP contribution in [0.4, 0.5) is 0 Å². The highest BCUT2D eigenvalue weighted by Crippen LogP contribution is 2.55. The van der Waals surface area contributed by atoms with Crippen molar-refractivity contribution in [2.45, 2.75) is 19.8 Å². The number of allylic oxidation sites excluding steroid dienone is 1. The van der Waals surface area contributed by atoms with Gasteiger partial charge in [-0.15, -0.1) is 0 Å². The van der Waals surface area contributed by atoms with E-state index in [9.17, 15) is 14.4 Å². The van der Waals surface area contributed by atoms with Gasteiger partial charge < -0.3 is 14.2 Å². The van der Waals surface area contributed by atoms with Gasteiger partial charge in [0.1, 0.15) is 5.75 Å². The predicted molar refractivity (Wildman–Crippen MR) is 108 cm³/mol. The van der Waals surface area contributed by atoms with Crippen LogP contribution in [0.2, 0.25) is 0 Å². The van der Waals surface area contributed by atoms with Crippen molar-refractivity contribution in [2.75, 3.05) is 20.8 Å². The standard InChI is InChI=1S/C23H24O6/c1-15(24)18-12-11-16-8-4-5-10-19(16)20(18)29-13-7-6-9-17-14-23(17,21(25)27-2)22(26)28-3/h4-6,8-12,17H,7,13-14H2,1-3H3/b9-6+. The van der Waals surface area contributed by atoms with Crippen LogP contribution in [0.3, 0.4) is 0 Å². The van der Waals surface area contributed by atoms with E-state index in [0.29, 0.717) is 30.8 Å². The number of hydrogen-bond acceptors (Lipinski definition) is 6. The Labute approximate surface area is 169 Å². The summed E-state index contributed by atoms with van der Waals surface area (Å²) in [7, 11) is 2.52. The molecular formula is C23H24O6. The summed E-state index contributed by atoms with van der Waals surface area (Å²) in [6.45, 7) is 1.88. The number of ether oxygens (including phenoxy) is 3. The summed E-state index contributed by atoms with van der Waals surface area (Å²) in [5.74, 6) is -0.865. The molecule has 1 fully saturated rings. The second kappa shape index (κ2) is 8.47. The third-order valence-electron chi connectivity index (χ3n) is 5.27. The molecule has 0 N–H and O–H groups in total. The van der Waals surface area contributed by atoms with Crippen molar-refractivity contribution in [3.63, 3.8) is 0 Å². The smallest absolute Gasteiger partial charge is 0.323 e. The summed E-state index contributed by atoms with van der Waals surface area (Å²) < 4.78 is 15.5.